The van der Waals surface area contributed by atoms with E-state index in [1.54, 1.807) is 5.57 Å². The van der Waals surface area contributed by atoms with Gasteiger partial charge >= 0.3 is 0 Å². The standard InChI is InChI=1S/C12H18BrNO/c13-11-7-9-14(12(11)15)8-6-10-4-2-1-3-5-10/h4,11H,1-3,5-9H2. The minimum absolute atomic E-state index is 0.0813. The lowest BCUT2D eigenvalue weighted by Crippen LogP contribution is -2.28. The highest BCUT2D eigenvalue weighted by Gasteiger charge is 2.28. The fourth-order valence-electron chi connectivity index (χ4n) is 2.33. The molecule has 0 radical (unpaired) electrons. The first-order valence-electron chi connectivity index (χ1n) is 5.88. The highest BCUT2D eigenvalue weighted by atomic mass is 79.9. The average Bonchev–Trinajstić information content (AvgIpc) is 2.59. The summed E-state index contributed by atoms with van der Waals surface area (Å²) < 4.78 is 0. The normalized spacial score (nSPS) is 27.0. The summed E-state index contributed by atoms with van der Waals surface area (Å²) in [6.07, 6.45) is 9.60. The van der Waals surface area contributed by atoms with E-state index in [-0.39, 0.29) is 10.7 Å². The van der Waals surface area contributed by atoms with Crippen molar-refractivity contribution in [3.63, 3.8) is 0 Å². The van der Waals surface area contributed by atoms with Crippen LogP contribution in [0.1, 0.15) is 38.5 Å². The van der Waals surface area contributed by atoms with Crippen LogP contribution < -0.4 is 0 Å². The molecule has 0 bridgehead atoms. The van der Waals surface area contributed by atoms with Crippen molar-refractivity contribution >= 4 is 21.8 Å². The van der Waals surface area contributed by atoms with Gasteiger partial charge in [-0.15, -0.1) is 0 Å². The summed E-state index contributed by atoms with van der Waals surface area (Å²) in [5, 5.41) is 0. The van der Waals surface area contributed by atoms with E-state index in [9.17, 15) is 4.79 Å². The quantitative estimate of drug-likeness (QED) is 0.571. The van der Waals surface area contributed by atoms with Crippen molar-refractivity contribution in [2.45, 2.75) is 43.4 Å². The Bertz CT molecular complexity index is 275. The third-order valence-electron chi connectivity index (χ3n) is 3.32. The van der Waals surface area contributed by atoms with Crippen LogP contribution in [0.25, 0.3) is 0 Å². The van der Waals surface area contributed by atoms with E-state index in [2.05, 4.69) is 22.0 Å². The first kappa shape index (κ1) is 11.2. The Hall–Kier alpha value is -0.310. The Balaban J connectivity index is 1.78. The van der Waals surface area contributed by atoms with Gasteiger partial charge in [0, 0.05) is 13.1 Å². The molecule has 0 aromatic carbocycles. The lowest BCUT2D eigenvalue weighted by molar-refractivity contribution is -0.127. The van der Waals surface area contributed by atoms with Gasteiger partial charge in [0.2, 0.25) is 5.91 Å². The van der Waals surface area contributed by atoms with E-state index in [0.29, 0.717) is 0 Å². The van der Waals surface area contributed by atoms with Gasteiger partial charge in [-0.2, -0.15) is 0 Å². The predicted molar refractivity (Wildman–Crippen MR) is 65.1 cm³/mol. The van der Waals surface area contributed by atoms with Crippen molar-refractivity contribution in [2.75, 3.05) is 13.1 Å². The van der Waals surface area contributed by atoms with Crippen LogP contribution in [0.4, 0.5) is 0 Å². The molecule has 0 spiro atoms. The second-order valence-corrected chi connectivity index (χ2v) is 5.54. The summed E-state index contributed by atoms with van der Waals surface area (Å²) in [5.74, 6) is 0.284. The summed E-state index contributed by atoms with van der Waals surface area (Å²) >= 11 is 3.40. The first-order valence-corrected chi connectivity index (χ1v) is 6.80. The molecule has 84 valence electrons. The Labute approximate surface area is 99.8 Å². The Kier molecular flexibility index (Phi) is 3.84. The molecule has 0 N–H and O–H groups in total. The lowest BCUT2D eigenvalue weighted by Gasteiger charge is -2.18. The maximum absolute atomic E-state index is 11.6. The first-order chi connectivity index (χ1) is 7.27. The summed E-state index contributed by atoms with van der Waals surface area (Å²) in [7, 11) is 0. The number of nitrogens with zero attached hydrogens (tertiary/aromatic N) is 1. The SMILES string of the molecule is O=C1C(Br)CCN1CCC1=CCCCC1. The number of alkyl halides is 1. The van der Waals surface area contributed by atoms with Gasteiger partial charge in [-0.1, -0.05) is 27.6 Å². The Morgan fingerprint density at radius 1 is 1.47 bits per heavy atom. The summed E-state index contributed by atoms with van der Waals surface area (Å²) in [6.45, 7) is 1.86. The third kappa shape index (κ3) is 2.83. The van der Waals surface area contributed by atoms with Crippen LogP contribution in [0.15, 0.2) is 11.6 Å². The molecule has 2 nitrogen and oxygen atoms in total. The fraction of sp³-hybridized carbons (Fsp3) is 0.750. The Morgan fingerprint density at radius 2 is 2.33 bits per heavy atom. The van der Waals surface area contributed by atoms with Gasteiger partial charge in [0.25, 0.3) is 0 Å². The predicted octanol–water partition coefficient (Wildman–Crippen LogP) is 2.87. The maximum Gasteiger partial charge on any atom is 0.236 e. The van der Waals surface area contributed by atoms with Crippen molar-refractivity contribution in [2.24, 2.45) is 0 Å². The van der Waals surface area contributed by atoms with E-state index in [4.69, 9.17) is 0 Å². The van der Waals surface area contributed by atoms with Gasteiger partial charge in [-0.25, -0.2) is 0 Å². The van der Waals surface area contributed by atoms with Crippen molar-refractivity contribution < 1.29 is 4.79 Å². The molecule has 1 aliphatic heterocycles. The van der Waals surface area contributed by atoms with Crippen LogP contribution >= 0.6 is 15.9 Å². The molecular weight excluding hydrogens is 254 g/mol. The largest absolute Gasteiger partial charge is 0.341 e. The number of carbonyl (C=O) groups is 1. The number of amides is 1. The molecule has 3 heteroatoms. The Morgan fingerprint density at radius 3 is 2.93 bits per heavy atom. The highest BCUT2D eigenvalue weighted by Crippen LogP contribution is 2.23. The number of hydrogen-bond acceptors (Lipinski definition) is 1. The molecule has 2 rings (SSSR count). The van der Waals surface area contributed by atoms with Gasteiger partial charge in [0.05, 0.1) is 4.83 Å². The second kappa shape index (κ2) is 5.15. The van der Waals surface area contributed by atoms with Crippen molar-refractivity contribution in [3.8, 4) is 0 Å². The van der Waals surface area contributed by atoms with Gasteiger partial charge in [-0.3, -0.25) is 4.79 Å². The molecule has 1 atom stereocenters. The fourth-order valence-corrected chi connectivity index (χ4v) is 2.83. The van der Waals surface area contributed by atoms with E-state index in [0.717, 1.165) is 25.9 Å². The van der Waals surface area contributed by atoms with Crippen LogP contribution in [0.5, 0.6) is 0 Å². The zero-order chi connectivity index (χ0) is 10.7. The summed E-state index contributed by atoms with van der Waals surface area (Å²) in [6, 6.07) is 0. The van der Waals surface area contributed by atoms with Crippen LogP contribution in [0, 0.1) is 0 Å². The van der Waals surface area contributed by atoms with Crippen molar-refractivity contribution in [1.82, 2.24) is 4.90 Å². The minimum Gasteiger partial charge on any atom is -0.341 e. The third-order valence-corrected chi connectivity index (χ3v) is 4.17. The molecule has 1 aliphatic carbocycles. The molecule has 0 saturated carbocycles. The smallest absolute Gasteiger partial charge is 0.236 e. The van der Waals surface area contributed by atoms with Gasteiger partial charge in [-0.05, 0) is 38.5 Å². The topological polar surface area (TPSA) is 20.3 Å². The van der Waals surface area contributed by atoms with Gasteiger partial charge in [0.15, 0.2) is 0 Å². The molecule has 1 amide bonds. The average molecular weight is 272 g/mol. The van der Waals surface area contributed by atoms with E-state index in [1.165, 1.54) is 25.7 Å². The maximum atomic E-state index is 11.6. The van der Waals surface area contributed by atoms with E-state index in [1.807, 2.05) is 4.90 Å². The number of rotatable bonds is 3. The number of carbonyl (C=O) groups excluding carboxylic acids is 1. The summed E-state index contributed by atoms with van der Waals surface area (Å²) in [4.78, 5) is 13.7. The van der Waals surface area contributed by atoms with Crippen LogP contribution in [-0.4, -0.2) is 28.7 Å². The van der Waals surface area contributed by atoms with Gasteiger partial charge in [0.1, 0.15) is 0 Å². The van der Waals surface area contributed by atoms with Crippen LogP contribution in [-0.2, 0) is 4.79 Å². The molecule has 1 unspecified atom stereocenters. The van der Waals surface area contributed by atoms with E-state index >= 15 is 0 Å². The monoisotopic (exact) mass is 271 g/mol. The zero-order valence-electron chi connectivity index (χ0n) is 9.04. The molecule has 2 aliphatic rings. The van der Waals surface area contributed by atoms with Crippen LogP contribution in [0.2, 0.25) is 0 Å². The number of likely N-dealkylation sites (tertiary alicyclic amines) is 1. The second-order valence-electron chi connectivity index (χ2n) is 4.44. The molecule has 1 heterocycles. The summed E-state index contributed by atoms with van der Waals surface area (Å²) in [5.41, 5.74) is 1.56. The molecular formula is C12H18BrNO. The number of hydrogen-bond donors (Lipinski definition) is 0. The highest BCUT2D eigenvalue weighted by molar-refractivity contribution is 9.10. The minimum atomic E-state index is 0.0813. The molecule has 0 aromatic rings. The van der Waals surface area contributed by atoms with Crippen LogP contribution in [0.3, 0.4) is 0 Å². The number of allylic oxidation sites excluding steroid dienone is 1. The molecule has 1 saturated heterocycles. The van der Waals surface area contributed by atoms with Gasteiger partial charge < -0.3 is 4.90 Å². The lowest BCUT2D eigenvalue weighted by atomic mass is 9.97. The van der Waals surface area contributed by atoms with Crippen molar-refractivity contribution in [1.29, 1.82) is 0 Å². The zero-order valence-corrected chi connectivity index (χ0v) is 10.6. The number of halogens is 1. The molecule has 0 aromatic heterocycles. The van der Waals surface area contributed by atoms with Crippen molar-refractivity contribution in [3.05, 3.63) is 11.6 Å². The molecule has 1 fully saturated rings. The molecule has 15 heavy (non-hydrogen) atoms. The van der Waals surface area contributed by atoms with E-state index < -0.39 is 0 Å².